The second-order valence-electron chi connectivity index (χ2n) is 5.67. The van der Waals surface area contributed by atoms with Gasteiger partial charge in [-0.25, -0.2) is 4.79 Å². The summed E-state index contributed by atoms with van der Waals surface area (Å²) in [5.74, 6) is 0.301. The molecule has 0 aromatic rings. The lowest BCUT2D eigenvalue weighted by Gasteiger charge is -2.31. The van der Waals surface area contributed by atoms with Crippen LogP contribution in [-0.4, -0.2) is 40.8 Å². The van der Waals surface area contributed by atoms with Crippen molar-refractivity contribution in [3.05, 3.63) is 0 Å². The first kappa shape index (κ1) is 12.7. The lowest BCUT2D eigenvalue weighted by Crippen LogP contribution is -2.48. The highest BCUT2D eigenvalue weighted by Crippen LogP contribution is 2.35. The molecule has 0 spiro atoms. The van der Waals surface area contributed by atoms with Gasteiger partial charge in [-0.2, -0.15) is 0 Å². The summed E-state index contributed by atoms with van der Waals surface area (Å²) in [5.41, 5.74) is 0. The van der Waals surface area contributed by atoms with Crippen LogP contribution in [0.25, 0.3) is 0 Å². The lowest BCUT2D eigenvalue weighted by atomic mass is 9.94. The van der Waals surface area contributed by atoms with Crippen molar-refractivity contribution in [1.82, 2.24) is 10.2 Å². The molecule has 17 heavy (non-hydrogen) atoms. The maximum atomic E-state index is 12.1. The van der Waals surface area contributed by atoms with E-state index in [-0.39, 0.29) is 24.2 Å². The molecule has 0 radical (unpaired) electrons. The van der Waals surface area contributed by atoms with E-state index in [9.17, 15) is 9.90 Å². The standard InChI is InChI=1S/C13H24N2O2/c1-9(2)14-13(17)15-8-4-6-11(15)10-5-3-7-12(10)16/h9-12,16H,3-8H2,1-2H3,(H,14,17). The van der Waals surface area contributed by atoms with E-state index in [2.05, 4.69) is 5.32 Å². The average Bonchev–Trinajstić information content (AvgIpc) is 2.83. The van der Waals surface area contributed by atoms with Crippen LogP contribution in [0.4, 0.5) is 4.79 Å². The van der Waals surface area contributed by atoms with Crippen molar-refractivity contribution >= 4 is 6.03 Å². The van der Waals surface area contributed by atoms with Crippen molar-refractivity contribution in [2.45, 2.75) is 64.1 Å². The number of carbonyl (C=O) groups is 1. The van der Waals surface area contributed by atoms with Gasteiger partial charge in [0, 0.05) is 24.5 Å². The van der Waals surface area contributed by atoms with Crippen LogP contribution in [-0.2, 0) is 0 Å². The van der Waals surface area contributed by atoms with E-state index in [4.69, 9.17) is 0 Å². The van der Waals surface area contributed by atoms with E-state index >= 15 is 0 Å². The largest absolute Gasteiger partial charge is 0.393 e. The van der Waals surface area contributed by atoms with E-state index < -0.39 is 0 Å². The number of aliphatic hydroxyl groups is 1. The van der Waals surface area contributed by atoms with E-state index in [0.29, 0.717) is 5.92 Å². The number of nitrogens with one attached hydrogen (secondary N) is 1. The predicted molar refractivity (Wildman–Crippen MR) is 66.7 cm³/mol. The van der Waals surface area contributed by atoms with Crippen LogP contribution >= 0.6 is 0 Å². The summed E-state index contributed by atoms with van der Waals surface area (Å²) in [6.07, 6.45) is 4.99. The Balaban J connectivity index is 1.99. The molecule has 2 amide bonds. The first-order chi connectivity index (χ1) is 8.09. The molecule has 4 heteroatoms. The number of hydrogen-bond acceptors (Lipinski definition) is 2. The van der Waals surface area contributed by atoms with E-state index in [1.54, 1.807) is 0 Å². The molecular weight excluding hydrogens is 216 g/mol. The highest BCUT2D eigenvalue weighted by atomic mass is 16.3. The summed E-state index contributed by atoms with van der Waals surface area (Å²) in [4.78, 5) is 14.0. The Morgan fingerprint density at radius 2 is 2.06 bits per heavy atom. The van der Waals surface area contributed by atoms with Gasteiger partial charge in [-0.3, -0.25) is 0 Å². The van der Waals surface area contributed by atoms with Crippen molar-refractivity contribution in [1.29, 1.82) is 0 Å². The second kappa shape index (κ2) is 5.25. The fraction of sp³-hybridized carbons (Fsp3) is 0.923. The summed E-state index contributed by atoms with van der Waals surface area (Å²) in [6.45, 7) is 4.80. The minimum Gasteiger partial charge on any atom is -0.393 e. The summed E-state index contributed by atoms with van der Waals surface area (Å²) >= 11 is 0. The SMILES string of the molecule is CC(C)NC(=O)N1CCCC1C1CCCC1O. The highest BCUT2D eigenvalue weighted by Gasteiger charge is 2.40. The molecule has 0 aromatic heterocycles. The summed E-state index contributed by atoms with van der Waals surface area (Å²) in [5, 5.41) is 12.9. The number of urea groups is 1. The molecule has 1 aliphatic heterocycles. The smallest absolute Gasteiger partial charge is 0.317 e. The highest BCUT2D eigenvalue weighted by molar-refractivity contribution is 5.75. The van der Waals surface area contributed by atoms with Crippen LogP contribution < -0.4 is 5.32 Å². The van der Waals surface area contributed by atoms with Crippen LogP contribution in [0, 0.1) is 5.92 Å². The van der Waals surface area contributed by atoms with Gasteiger partial charge in [0.15, 0.2) is 0 Å². The van der Waals surface area contributed by atoms with E-state index in [1.807, 2.05) is 18.7 Å². The molecule has 1 heterocycles. The Hall–Kier alpha value is -0.770. The zero-order valence-corrected chi connectivity index (χ0v) is 10.9. The normalized spacial score (nSPS) is 33.4. The molecule has 0 bridgehead atoms. The van der Waals surface area contributed by atoms with Crippen molar-refractivity contribution in [3.8, 4) is 0 Å². The molecule has 2 fully saturated rings. The maximum absolute atomic E-state index is 12.1. The molecule has 4 nitrogen and oxygen atoms in total. The molecular formula is C13H24N2O2. The molecule has 1 saturated heterocycles. The van der Waals surface area contributed by atoms with Crippen LogP contribution in [0.2, 0.25) is 0 Å². The summed E-state index contributed by atoms with van der Waals surface area (Å²) in [6, 6.07) is 0.477. The van der Waals surface area contributed by atoms with E-state index in [0.717, 1.165) is 38.6 Å². The van der Waals surface area contributed by atoms with Gasteiger partial charge >= 0.3 is 6.03 Å². The number of amides is 2. The monoisotopic (exact) mass is 240 g/mol. The zero-order valence-electron chi connectivity index (χ0n) is 10.9. The minimum atomic E-state index is -0.201. The van der Waals surface area contributed by atoms with Gasteiger partial charge in [0.2, 0.25) is 0 Å². The van der Waals surface area contributed by atoms with Crippen molar-refractivity contribution in [2.75, 3.05) is 6.54 Å². The van der Waals surface area contributed by atoms with Crippen LogP contribution in [0.5, 0.6) is 0 Å². The Kier molecular flexibility index (Phi) is 3.92. The number of carbonyl (C=O) groups excluding carboxylic acids is 1. The summed E-state index contributed by atoms with van der Waals surface area (Å²) in [7, 11) is 0. The molecule has 2 aliphatic rings. The number of nitrogens with zero attached hydrogens (tertiary/aromatic N) is 1. The first-order valence-electron chi connectivity index (χ1n) is 6.85. The second-order valence-corrected chi connectivity index (χ2v) is 5.67. The Morgan fingerprint density at radius 1 is 1.29 bits per heavy atom. The first-order valence-corrected chi connectivity index (χ1v) is 6.85. The third-order valence-electron chi connectivity index (χ3n) is 4.00. The fourth-order valence-corrected chi connectivity index (χ4v) is 3.24. The number of hydrogen-bond donors (Lipinski definition) is 2. The van der Waals surface area contributed by atoms with E-state index in [1.165, 1.54) is 0 Å². The van der Waals surface area contributed by atoms with Gasteiger partial charge in [0.1, 0.15) is 0 Å². The van der Waals surface area contributed by atoms with Gasteiger partial charge in [-0.1, -0.05) is 6.42 Å². The summed E-state index contributed by atoms with van der Waals surface area (Å²) < 4.78 is 0. The van der Waals surface area contributed by atoms with Gasteiger partial charge in [-0.15, -0.1) is 0 Å². The quantitative estimate of drug-likeness (QED) is 0.772. The van der Waals surface area contributed by atoms with Crippen molar-refractivity contribution < 1.29 is 9.90 Å². The molecule has 2 rings (SSSR count). The Morgan fingerprint density at radius 3 is 2.65 bits per heavy atom. The van der Waals surface area contributed by atoms with Crippen molar-refractivity contribution in [2.24, 2.45) is 5.92 Å². The molecule has 1 aliphatic carbocycles. The number of aliphatic hydroxyl groups excluding tert-OH is 1. The average molecular weight is 240 g/mol. The van der Waals surface area contributed by atoms with Crippen LogP contribution in [0.3, 0.4) is 0 Å². The number of likely N-dealkylation sites (tertiary alicyclic amines) is 1. The molecule has 3 atom stereocenters. The van der Waals surface area contributed by atoms with Crippen molar-refractivity contribution in [3.63, 3.8) is 0 Å². The predicted octanol–water partition coefficient (Wildman–Crippen LogP) is 1.73. The molecule has 2 N–H and O–H groups in total. The van der Waals surface area contributed by atoms with Gasteiger partial charge in [0.25, 0.3) is 0 Å². The topological polar surface area (TPSA) is 52.6 Å². The zero-order chi connectivity index (χ0) is 12.4. The molecule has 0 aromatic carbocycles. The van der Waals surface area contributed by atoms with Gasteiger partial charge in [0.05, 0.1) is 6.10 Å². The van der Waals surface area contributed by atoms with Gasteiger partial charge in [-0.05, 0) is 39.5 Å². The number of rotatable bonds is 2. The third-order valence-corrected chi connectivity index (χ3v) is 4.00. The van der Waals surface area contributed by atoms with Crippen LogP contribution in [0.15, 0.2) is 0 Å². The van der Waals surface area contributed by atoms with Gasteiger partial charge < -0.3 is 15.3 Å². The maximum Gasteiger partial charge on any atom is 0.317 e. The molecule has 3 unspecified atom stereocenters. The minimum absolute atomic E-state index is 0.0431. The molecule has 98 valence electrons. The Labute approximate surface area is 103 Å². The lowest BCUT2D eigenvalue weighted by molar-refractivity contribution is 0.0838. The third kappa shape index (κ3) is 2.73. The fourth-order valence-electron chi connectivity index (χ4n) is 3.24. The van der Waals surface area contributed by atoms with Crippen LogP contribution in [0.1, 0.15) is 46.0 Å². The molecule has 1 saturated carbocycles. The Bertz CT molecular complexity index is 281.